The van der Waals surface area contributed by atoms with E-state index in [-0.39, 0.29) is 17.4 Å². The topological polar surface area (TPSA) is 61.2 Å². The lowest BCUT2D eigenvalue weighted by Gasteiger charge is -2.19. The van der Waals surface area contributed by atoms with E-state index in [1.54, 1.807) is 19.3 Å². The Balaban J connectivity index is 2.53. The minimum Gasteiger partial charge on any atom is -0.459 e. The van der Waals surface area contributed by atoms with Gasteiger partial charge in [-0.1, -0.05) is 11.8 Å². The minimum atomic E-state index is -0.488. The number of nitrogens with zero attached hydrogens (tertiary/aromatic N) is 2. The lowest BCUT2D eigenvalue weighted by molar-refractivity contribution is -0.151. The van der Waals surface area contributed by atoms with E-state index < -0.39 is 5.60 Å². The van der Waals surface area contributed by atoms with Crippen LogP contribution in [0.4, 0.5) is 0 Å². The Kier molecular flexibility index (Phi) is 4.34. The summed E-state index contributed by atoms with van der Waals surface area (Å²) in [4.78, 5) is 26.5. The number of aryl methyl sites for hydroxylation is 1. The van der Waals surface area contributed by atoms with Gasteiger partial charge in [-0.05, 0) is 26.8 Å². The molecule has 0 fully saturated rings. The predicted molar refractivity (Wildman–Crippen MR) is 66.0 cm³/mol. The first-order valence-corrected chi connectivity index (χ1v) is 6.15. The highest BCUT2D eigenvalue weighted by atomic mass is 32.2. The summed E-state index contributed by atoms with van der Waals surface area (Å²) in [5.41, 5.74) is -0.822. The van der Waals surface area contributed by atoms with Crippen LogP contribution in [0, 0.1) is 0 Å². The van der Waals surface area contributed by atoms with Gasteiger partial charge in [0.25, 0.3) is 0 Å². The van der Waals surface area contributed by atoms with Crippen molar-refractivity contribution in [2.75, 3.05) is 5.75 Å². The molecular weight excluding hydrogens is 240 g/mol. The summed E-state index contributed by atoms with van der Waals surface area (Å²) in [6, 6.07) is 1.69. The number of esters is 1. The van der Waals surface area contributed by atoms with Gasteiger partial charge in [0, 0.05) is 13.2 Å². The van der Waals surface area contributed by atoms with E-state index in [2.05, 4.69) is 4.98 Å². The molecule has 0 N–H and O–H groups in total. The zero-order chi connectivity index (χ0) is 13.1. The van der Waals surface area contributed by atoms with Crippen LogP contribution in [0.2, 0.25) is 0 Å². The maximum Gasteiger partial charge on any atom is 0.348 e. The number of hydrogen-bond donors (Lipinski definition) is 0. The van der Waals surface area contributed by atoms with E-state index in [4.69, 9.17) is 4.74 Å². The summed E-state index contributed by atoms with van der Waals surface area (Å²) in [7, 11) is 1.62. The second-order valence-corrected chi connectivity index (χ2v) is 5.53. The molecule has 0 aliphatic carbocycles. The maximum atomic E-state index is 11.4. The lowest BCUT2D eigenvalue weighted by atomic mass is 10.2. The Hall–Kier alpha value is -1.30. The van der Waals surface area contributed by atoms with Crippen LogP contribution in [-0.4, -0.2) is 26.9 Å². The molecule has 5 nitrogen and oxygen atoms in total. The van der Waals surface area contributed by atoms with Crippen molar-refractivity contribution in [2.45, 2.75) is 31.4 Å². The average molecular weight is 256 g/mol. The number of thioether (sulfide) groups is 1. The fraction of sp³-hybridized carbons (Fsp3) is 0.545. The number of rotatable bonds is 3. The lowest BCUT2D eigenvalue weighted by Crippen LogP contribution is -2.25. The molecule has 0 aromatic carbocycles. The first-order chi connectivity index (χ1) is 7.78. The van der Waals surface area contributed by atoms with Gasteiger partial charge in [-0.15, -0.1) is 0 Å². The van der Waals surface area contributed by atoms with Gasteiger partial charge in [0.15, 0.2) is 0 Å². The molecular formula is C11H16N2O3S. The van der Waals surface area contributed by atoms with Crippen LogP contribution >= 0.6 is 11.8 Å². The van der Waals surface area contributed by atoms with Crippen molar-refractivity contribution < 1.29 is 9.53 Å². The van der Waals surface area contributed by atoms with Crippen LogP contribution < -0.4 is 5.69 Å². The van der Waals surface area contributed by atoms with Gasteiger partial charge >= 0.3 is 11.7 Å². The van der Waals surface area contributed by atoms with Crippen LogP contribution in [0.15, 0.2) is 22.1 Å². The average Bonchev–Trinajstić information content (AvgIpc) is 2.17. The molecule has 0 bridgehead atoms. The zero-order valence-electron chi connectivity index (χ0n) is 10.4. The molecule has 1 rings (SSSR count). The van der Waals surface area contributed by atoms with Crippen molar-refractivity contribution in [1.29, 1.82) is 0 Å². The van der Waals surface area contributed by atoms with E-state index in [1.165, 1.54) is 16.3 Å². The molecule has 1 aromatic heterocycles. The highest BCUT2D eigenvalue weighted by Crippen LogP contribution is 2.15. The number of aromatic nitrogens is 2. The second-order valence-electron chi connectivity index (χ2n) is 4.53. The van der Waals surface area contributed by atoms with E-state index >= 15 is 0 Å². The molecule has 0 aliphatic heterocycles. The molecule has 6 heteroatoms. The first-order valence-electron chi connectivity index (χ1n) is 5.16. The molecule has 94 valence electrons. The van der Waals surface area contributed by atoms with Gasteiger partial charge in [-0.2, -0.15) is 4.98 Å². The highest BCUT2D eigenvalue weighted by Gasteiger charge is 2.16. The van der Waals surface area contributed by atoms with Crippen molar-refractivity contribution >= 4 is 17.7 Å². The van der Waals surface area contributed by atoms with E-state index in [0.717, 1.165) is 0 Å². The normalized spacial score (nSPS) is 11.3. The number of ether oxygens (including phenoxy) is 1. The SMILES string of the molecule is Cn1ccc(SCC(=O)OC(C)(C)C)nc1=O. The third-order valence-corrected chi connectivity index (χ3v) is 2.61. The number of hydrogen-bond acceptors (Lipinski definition) is 5. The van der Waals surface area contributed by atoms with Crippen LogP contribution in [0.1, 0.15) is 20.8 Å². The molecule has 0 atom stereocenters. The summed E-state index contributed by atoms with van der Waals surface area (Å²) < 4.78 is 6.52. The molecule has 0 amide bonds. The molecule has 1 aromatic rings. The minimum absolute atomic E-state index is 0.150. The zero-order valence-corrected chi connectivity index (χ0v) is 11.2. The highest BCUT2D eigenvalue weighted by molar-refractivity contribution is 7.99. The Morgan fingerprint density at radius 2 is 2.18 bits per heavy atom. The van der Waals surface area contributed by atoms with E-state index in [9.17, 15) is 9.59 Å². The van der Waals surface area contributed by atoms with Gasteiger partial charge in [-0.3, -0.25) is 4.79 Å². The van der Waals surface area contributed by atoms with Crippen molar-refractivity contribution in [3.05, 3.63) is 22.7 Å². The largest absolute Gasteiger partial charge is 0.459 e. The Morgan fingerprint density at radius 1 is 1.53 bits per heavy atom. The summed E-state index contributed by atoms with van der Waals surface area (Å²) in [5, 5.41) is 0.527. The van der Waals surface area contributed by atoms with Crippen LogP contribution in [0.3, 0.4) is 0 Å². The van der Waals surface area contributed by atoms with Gasteiger partial charge in [0.2, 0.25) is 0 Å². The molecule has 0 radical (unpaired) electrons. The molecule has 0 saturated heterocycles. The van der Waals surface area contributed by atoms with Gasteiger partial charge in [0.1, 0.15) is 10.6 Å². The first kappa shape index (κ1) is 13.8. The van der Waals surface area contributed by atoms with Crippen molar-refractivity contribution in [2.24, 2.45) is 7.05 Å². The molecule has 0 unspecified atom stereocenters. The van der Waals surface area contributed by atoms with Crippen molar-refractivity contribution in [3.8, 4) is 0 Å². The third kappa shape index (κ3) is 5.04. The van der Waals surface area contributed by atoms with Gasteiger partial charge in [-0.25, -0.2) is 4.79 Å². The van der Waals surface area contributed by atoms with Crippen molar-refractivity contribution in [1.82, 2.24) is 9.55 Å². The smallest absolute Gasteiger partial charge is 0.348 e. The number of carbonyl (C=O) groups is 1. The quantitative estimate of drug-likeness (QED) is 0.462. The standard InChI is InChI=1S/C11H16N2O3S/c1-11(2,3)16-9(14)7-17-8-5-6-13(4)10(15)12-8/h5-6H,7H2,1-4H3. The molecule has 0 aliphatic rings. The molecule has 1 heterocycles. The maximum absolute atomic E-state index is 11.4. The van der Waals surface area contributed by atoms with Gasteiger partial charge < -0.3 is 9.30 Å². The predicted octanol–water partition coefficient (Wildman–Crippen LogP) is 1.21. The van der Waals surface area contributed by atoms with E-state index in [0.29, 0.717) is 5.03 Å². The summed E-state index contributed by atoms with van der Waals surface area (Å²) >= 11 is 1.19. The summed E-state index contributed by atoms with van der Waals surface area (Å²) in [6.07, 6.45) is 1.62. The Bertz CT molecular complexity index is 463. The number of carbonyl (C=O) groups excluding carboxylic acids is 1. The molecule has 0 spiro atoms. The summed E-state index contributed by atoms with van der Waals surface area (Å²) in [6.45, 7) is 5.43. The fourth-order valence-corrected chi connectivity index (χ4v) is 1.66. The fourth-order valence-electron chi connectivity index (χ4n) is 1.03. The second kappa shape index (κ2) is 5.35. The van der Waals surface area contributed by atoms with Crippen LogP contribution in [0.25, 0.3) is 0 Å². The Morgan fingerprint density at radius 3 is 2.71 bits per heavy atom. The van der Waals surface area contributed by atoms with Crippen LogP contribution in [0.5, 0.6) is 0 Å². The monoisotopic (exact) mass is 256 g/mol. The molecule has 17 heavy (non-hydrogen) atoms. The van der Waals surface area contributed by atoms with Gasteiger partial charge in [0.05, 0.1) is 5.75 Å². The Labute approximate surface area is 104 Å². The summed E-state index contributed by atoms with van der Waals surface area (Å²) in [5.74, 6) is -0.165. The van der Waals surface area contributed by atoms with Crippen LogP contribution in [-0.2, 0) is 16.6 Å². The molecule has 0 saturated carbocycles. The van der Waals surface area contributed by atoms with E-state index in [1.807, 2.05) is 20.8 Å². The third-order valence-electron chi connectivity index (χ3n) is 1.71. The van der Waals surface area contributed by atoms with Crippen molar-refractivity contribution in [3.63, 3.8) is 0 Å².